The fourth-order valence-electron chi connectivity index (χ4n) is 2.67. The van der Waals surface area contributed by atoms with Gasteiger partial charge in [-0.2, -0.15) is 0 Å². The molecule has 0 fully saturated rings. The number of nitrogens with zero attached hydrogens (tertiary/aromatic N) is 1. The molecule has 1 aromatic heterocycles. The van der Waals surface area contributed by atoms with E-state index in [9.17, 15) is 0 Å². The van der Waals surface area contributed by atoms with Crippen LogP contribution in [0.15, 0.2) is 72.9 Å². The van der Waals surface area contributed by atoms with E-state index in [1.54, 1.807) is 13.3 Å². The number of benzene rings is 2. The van der Waals surface area contributed by atoms with Gasteiger partial charge in [0, 0.05) is 12.7 Å². The van der Waals surface area contributed by atoms with Crippen molar-refractivity contribution in [1.29, 1.82) is 0 Å². The highest BCUT2D eigenvalue weighted by molar-refractivity contribution is 14.1. The molecule has 3 aromatic rings. The molecule has 0 saturated carbocycles. The first-order valence-corrected chi connectivity index (χ1v) is 9.85. The Labute approximate surface area is 174 Å². The maximum Gasteiger partial charge on any atom is 0.130 e. The number of methoxy groups -OCH3 is 1. The Morgan fingerprint density at radius 3 is 2.59 bits per heavy atom. The Morgan fingerprint density at radius 1 is 1.00 bits per heavy atom. The Bertz CT molecular complexity index is 869. The first-order chi connectivity index (χ1) is 13.1. The highest BCUT2D eigenvalue weighted by atomic mass is 127. The number of hydrogen-bond acceptors (Lipinski definition) is 4. The van der Waals surface area contributed by atoms with Gasteiger partial charge in [0.2, 0.25) is 0 Å². The number of alkyl halides is 1. The van der Waals surface area contributed by atoms with E-state index < -0.39 is 0 Å². The van der Waals surface area contributed by atoms with Crippen molar-refractivity contribution in [1.82, 2.24) is 10.3 Å². The van der Waals surface area contributed by atoms with Gasteiger partial charge in [-0.1, -0.05) is 52.9 Å². The molecule has 0 aliphatic rings. The molecule has 0 spiro atoms. The van der Waals surface area contributed by atoms with Gasteiger partial charge in [0.1, 0.15) is 18.1 Å². The van der Waals surface area contributed by atoms with Gasteiger partial charge in [-0.15, -0.1) is 0 Å². The highest BCUT2D eigenvalue weighted by Crippen LogP contribution is 2.31. The predicted octanol–water partition coefficient (Wildman–Crippen LogP) is 5.07. The molecule has 1 N–H and O–H groups in total. The zero-order valence-corrected chi connectivity index (χ0v) is 17.6. The van der Waals surface area contributed by atoms with E-state index in [1.807, 2.05) is 42.5 Å². The summed E-state index contributed by atoms with van der Waals surface area (Å²) in [5, 5.41) is 3.61. The zero-order chi connectivity index (χ0) is 19.1. The fourth-order valence-corrected chi connectivity index (χ4v) is 3.20. The number of rotatable bonds is 8. The smallest absolute Gasteiger partial charge is 0.130 e. The summed E-state index contributed by atoms with van der Waals surface area (Å²) in [6.07, 6.45) is 1.78. The van der Waals surface area contributed by atoms with Crippen LogP contribution < -0.4 is 14.8 Å². The standard InChI is InChI=1S/C22H23IN2O2/c1-22(23,18-8-6-10-20(14-18)26-2)25-15-17-7-5-11-21(13-17)27-16-19-9-3-4-12-24-19/h3-14,25H,15-16H2,1-2H3/t22-/m1/s1. The quantitative estimate of drug-likeness (QED) is 0.282. The van der Waals surface area contributed by atoms with Crippen molar-refractivity contribution >= 4 is 22.6 Å². The van der Waals surface area contributed by atoms with Crippen LogP contribution in [0, 0.1) is 0 Å². The van der Waals surface area contributed by atoms with Crippen molar-refractivity contribution in [3.05, 3.63) is 89.7 Å². The topological polar surface area (TPSA) is 43.4 Å². The molecule has 0 bridgehead atoms. The lowest BCUT2D eigenvalue weighted by atomic mass is 10.1. The van der Waals surface area contributed by atoms with Gasteiger partial charge in [-0.05, 0) is 54.4 Å². The molecule has 1 atom stereocenters. The summed E-state index contributed by atoms with van der Waals surface area (Å²) >= 11 is 2.43. The first kappa shape index (κ1) is 19.6. The van der Waals surface area contributed by atoms with Crippen LogP contribution in [0.3, 0.4) is 0 Å². The summed E-state index contributed by atoms with van der Waals surface area (Å²) in [6, 6.07) is 22.1. The number of halogens is 1. The summed E-state index contributed by atoms with van der Waals surface area (Å²) in [6.45, 7) is 3.35. The third-order valence-corrected chi connectivity index (χ3v) is 5.25. The van der Waals surface area contributed by atoms with E-state index in [0.717, 1.165) is 23.7 Å². The number of hydrogen-bond donors (Lipinski definition) is 1. The average Bonchev–Trinajstić information content (AvgIpc) is 2.72. The minimum Gasteiger partial charge on any atom is -0.497 e. The molecular weight excluding hydrogens is 451 g/mol. The zero-order valence-electron chi connectivity index (χ0n) is 15.5. The lowest BCUT2D eigenvalue weighted by Gasteiger charge is -2.25. The molecule has 2 aromatic carbocycles. The molecule has 0 radical (unpaired) electrons. The van der Waals surface area contributed by atoms with Crippen LogP contribution in [-0.2, 0) is 16.7 Å². The van der Waals surface area contributed by atoms with Crippen molar-refractivity contribution in [3.63, 3.8) is 0 Å². The van der Waals surface area contributed by atoms with Gasteiger partial charge in [-0.3, -0.25) is 10.3 Å². The Morgan fingerprint density at radius 2 is 1.81 bits per heavy atom. The second kappa shape index (κ2) is 9.19. The van der Waals surface area contributed by atoms with Crippen molar-refractivity contribution in [2.45, 2.75) is 23.6 Å². The van der Waals surface area contributed by atoms with Gasteiger partial charge in [0.25, 0.3) is 0 Å². The Balaban J connectivity index is 1.62. The molecule has 0 aliphatic heterocycles. The lowest BCUT2D eigenvalue weighted by Crippen LogP contribution is -2.32. The molecule has 27 heavy (non-hydrogen) atoms. The number of aromatic nitrogens is 1. The number of nitrogens with one attached hydrogen (secondary N) is 1. The van der Waals surface area contributed by atoms with E-state index in [2.05, 4.69) is 64.1 Å². The second-order valence-corrected chi connectivity index (χ2v) is 8.50. The molecule has 0 saturated heterocycles. The number of ether oxygens (including phenoxy) is 2. The number of pyridine rings is 1. The van der Waals surface area contributed by atoms with Crippen molar-refractivity contribution in [2.24, 2.45) is 0 Å². The molecule has 0 aliphatic carbocycles. The lowest BCUT2D eigenvalue weighted by molar-refractivity contribution is 0.301. The fraction of sp³-hybridized carbons (Fsp3) is 0.227. The Kier molecular flexibility index (Phi) is 6.68. The highest BCUT2D eigenvalue weighted by Gasteiger charge is 2.22. The maximum atomic E-state index is 5.87. The first-order valence-electron chi connectivity index (χ1n) is 8.77. The average molecular weight is 474 g/mol. The minimum absolute atomic E-state index is 0.211. The molecule has 5 heteroatoms. The van der Waals surface area contributed by atoms with Gasteiger partial charge >= 0.3 is 0 Å². The van der Waals surface area contributed by atoms with Gasteiger partial charge in [0.15, 0.2) is 0 Å². The normalized spacial score (nSPS) is 13.0. The van der Waals surface area contributed by atoms with Gasteiger partial charge in [-0.25, -0.2) is 0 Å². The van der Waals surface area contributed by atoms with E-state index in [-0.39, 0.29) is 3.55 Å². The van der Waals surface area contributed by atoms with Crippen molar-refractivity contribution < 1.29 is 9.47 Å². The largest absolute Gasteiger partial charge is 0.497 e. The summed E-state index contributed by atoms with van der Waals surface area (Å²) < 4.78 is 11.0. The summed E-state index contributed by atoms with van der Waals surface area (Å²) in [4.78, 5) is 4.28. The van der Waals surface area contributed by atoms with Crippen LogP contribution in [0.2, 0.25) is 0 Å². The van der Waals surface area contributed by atoms with Gasteiger partial charge in [0.05, 0.1) is 16.3 Å². The van der Waals surface area contributed by atoms with Crippen LogP contribution in [0.4, 0.5) is 0 Å². The van der Waals surface area contributed by atoms with E-state index in [4.69, 9.17) is 9.47 Å². The van der Waals surface area contributed by atoms with Gasteiger partial charge < -0.3 is 9.47 Å². The van der Waals surface area contributed by atoms with E-state index >= 15 is 0 Å². The third-order valence-electron chi connectivity index (χ3n) is 4.25. The Hall–Kier alpha value is -2.12. The van der Waals surface area contributed by atoms with Crippen LogP contribution in [0.5, 0.6) is 11.5 Å². The van der Waals surface area contributed by atoms with E-state index in [0.29, 0.717) is 6.61 Å². The summed E-state index contributed by atoms with van der Waals surface area (Å²) in [5.74, 6) is 1.71. The van der Waals surface area contributed by atoms with E-state index in [1.165, 1.54) is 11.1 Å². The summed E-state index contributed by atoms with van der Waals surface area (Å²) in [5.41, 5.74) is 3.25. The van der Waals surface area contributed by atoms with Crippen LogP contribution in [-0.4, -0.2) is 12.1 Å². The third kappa shape index (κ3) is 5.68. The summed E-state index contributed by atoms with van der Waals surface area (Å²) in [7, 11) is 1.69. The molecule has 0 amide bonds. The van der Waals surface area contributed by atoms with Crippen LogP contribution in [0.25, 0.3) is 0 Å². The van der Waals surface area contributed by atoms with Crippen molar-refractivity contribution in [3.8, 4) is 11.5 Å². The monoisotopic (exact) mass is 474 g/mol. The van der Waals surface area contributed by atoms with Crippen LogP contribution >= 0.6 is 22.6 Å². The maximum absolute atomic E-state index is 5.87. The molecule has 0 unspecified atom stereocenters. The molecule has 1 heterocycles. The molecular formula is C22H23IN2O2. The molecule has 3 rings (SSSR count). The molecule has 4 nitrogen and oxygen atoms in total. The van der Waals surface area contributed by atoms with Crippen molar-refractivity contribution in [2.75, 3.05) is 7.11 Å². The minimum atomic E-state index is -0.211. The second-order valence-electron chi connectivity index (χ2n) is 6.35. The SMILES string of the molecule is COc1cccc([C@](C)(I)NCc2cccc(OCc3ccccn3)c2)c1. The predicted molar refractivity (Wildman–Crippen MR) is 116 cm³/mol. The van der Waals surface area contributed by atoms with Crippen LogP contribution in [0.1, 0.15) is 23.7 Å². The molecule has 140 valence electrons.